The van der Waals surface area contributed by atoms with Crippen molar-refractivity contribution in [2.24, 2.45) is 0 Å². The van der Waals surface area contributed by atoms with E-state index < -0.39 is 0 Å². The topological polar surface area (TPSA) is 90.1 Å². The second kappa shape index (κ2) is 6.43. The third-order valence-corrected chi connectivity index (χ3v) is 3.41. The summed E-state index contributed by atoms with van der Waals surface area (Å²) in [4.78, 5) is 16.6. The van der Waals surface area contributed by atoms with Crippen molar-refractivity contribution in [3.05, 3.63) is 47.4 Å². The number of hydrogen-bond acceptors (Lipinski definition) is 6. The smallest absolute Gasteiger partial charge is 0.255 e. The molecule has 2 aromatic heterocycles. The van der Waals surface area contributed by atoms with Crippen LogP contribution < -0.4 is 10.1 Å². The van der Waals surface area contributed by atoms with Crippen LogP contribution in [-0.2, 0) is 6.61 Å². The van der Waals surface area contributed by atoms with E-state index >= 15 is 0 Å². The molecule has 2 heterocycles. The summed E-state index contributed by atoms with van der Waals surface area (Å²) in [7, 11) is 0. The van der Waals surface area contributed by atoms with Crippen LogP contribution in [0.4, 0.5) is 0 Å². The number of hydrogen-bond donors (Lipinski definition) is 1. The zero-order valence-corrected chi connectivity index (χ0v) is 12.9. The fourth-order valence-corrected chi connectivity index (χ4v) is 2.22. The van der Waals surface area contributed by atoms with E-state index in [0.29, 0.717) is 34.8 Å². The molecule has 0 saturated heterocycles. The van der Waals surface area contributed by atoms with Gasteiger partial charge in [0.25, 0.3) is 5.91 Å². The average molecular weight is 312 g/mol. The number of carbonyl (C=O) groups excluding carboxylic acids is 1. The third kappa shape index (κ3) is 2.98. The van der Waals surface area contributed by atoms with Crippen LogP contribution in [-0.4, -0.2) is 27.7 Å². The number of aryl methyl sites for hydroxylation is 1. The molecular formula is C16H16N4O3. The Morgan fingerprint density at radius 3 is 2.91 bits per heavy atom. The van der Waals surface area contributed by atoms with Gasteiger partial charge in [0, 0.05) is 18.1 Å². The molecule has 7 heteroatoms. The molecular weight excluding hydrogens is 296 g/mol. The summed E-state index contributed by atoms with van der Waals surface area (Å²) in [6.45, 7) is 4.33. The predicted octanol–water partition coefficient (Wildman–Crippen LogP) is 2.25. The normalized spacial score (nSPS) is 10.7. The Bertz CT molecular complexity index is 844. The third-order valence-electron chi connectivity index (χ3n) is 3.41. The molecule has 118 valence electrons. The molecule has 0 atom stereocenters. The highest BCUT2D eigenvalue weighted by molar-refractivity contribution is 6.02. The van der Waals surface area contributed by atoms with Gasteiger partial charge in [-0.2, -0.15) is 0 Å². The molecule has 0 spiro atoms. The second-order valence-electron chi connectivity index (χ2n) is 4.96. The average Bonchev–Trinajstić information content (AvgIpc) is 2.97. The number of pyridine rings is 1. The van der Waals surface area contributed by atoms with Crippen molar-refractivity contribution in [2.45, 2.75) is 20.5 Å². The first kappa shape index (κ1) is 15.0. The van der Waals surface area contributed by atoms with Crippen molar-refractivity contribution in [1.82, 2.24) is 20.6 Å². The van der Waals surface area contributed by atoms with Gasteiger partial charge in [-0.15, -0.1) is 0 Å². The molecule has 23 heavy (non-hydrogen) atoms. The number of rotatable bonds is 5. The molecule has 0 fully saturated rings. The van der Waals surface area contributed by atoms with Crippen molar-refractivity contribution < 1.29 is 14.2 Å². The molecule has 3 aromatic rings. The number of carbonyl (C=O) groups is 1. The quantitative estimate of drug-likeness (QED) is 0.777. The number of ether oxygens (including phenoxy) is 1. The Kier molecular flexibility index (Phi) is 4.18. The Balaban J connectivity index is 2.01. The summed E-state index contributed by atoms with van der Waals surface area (Å²) in [5, 5.41) is 11.2. The zero-order valence-electron chi connectivity index (χ0n) is 12.9. The summed E-state index contributed by atoms with van der Waals surface area (Å²) in [5.41, 5.74) is 2.30. The van der Waals surface area contributed by atoms with Gasteiger partial charge in [0.1, 0.15) is 23.5 Å². The zero-order chi connectivity index (χ0) is 16.2. The first-order chi connectivity index (χ1) is 11.2. The largest absolute Gasteiger partial charge is 0.484 e. The highest BCUT2D eigenvalue weighted by atomic mass is 16.6. The Morgan fingerprint density at radius 1 is 1.30 bits per heavy atom. The fraction of sp³-hybridized carbons (Fsp3) is 0.250. The SMILES string of the molecule is CCNC(=O)c1ccc2cccnc2c1OCc1nonc1C. The van der Waals surface area contributed by atoms with Crippen LogP contribution in [0.25, 0.3) is 10.9 Å². The number of benzene rings is 1. The second-order valence-corrected chi connectivity index (χ2v) is 4.96. The summed E-state index contributed by atoms with van der Waals surface area (Å²) in [6, 6.07) is 7.34. The summed E-state index contributed by atoms with van der Waals surface area (Å²) in [6.07, 6.45) is 1.67. The van der Waals surface area contributed by atoms with Gasteiger partial charge < -0.3 is 10.1 Å². The van der Waals surface area contributed by atoms with E-state index in [1.54, 1.807) is 19.2 Å². The number of nitrogens with one attached hydrogen (secondary N) is 1. The molecule has 1 N–H and O–H groups in total. The standard InChI is InChI=1S/C16H16N4O3/c1-3-17-16(21)12-7-6-11-5-4-8-18-14(11)15(12)22-9-13-10(2)19-23-20-13/h4-8H,3,9H2,1-2H3,(H,17,21). The lowest BCUT2D eigenvalue weighted by molar-refractivity contribution is 0.0951. The van der Waals surface area contributed by atoms with Gasteiger partial charge in [-0.25, -0.2) is 4.63 Å². The van der Waals surface area contributed by atoms with Crippen LogP contribution >= 0.6 is 0 Å². The number of amides is 1. The minimum Gasteiger partial charge on any atom is -0.484 e. The van der Waals surface area contributed by atoms with E-state index in [9.17, 15) is 4.79 Å². The molecule has 1 amide bonds. The maximum atomic E-state index is 12.3. The maximum absolute atomic E-state index is 12.3. The number of nitrogens with zero attached hydrogens (tertiary/aromatic N) is 3. The monoisotopic (exact) mass is 312 g/mol. The molecule has 1 aromatic carbocycles. The number of aromatic nitrogens is 3. The summed E-state index contributed by atoms with van der Waals surface area (Å²) >= 11 is 0. The van der Waals surface area contributed by atoms with Crippen LogP contribution in [0, 0.1) is 6.92 Å². The van der Waals surface area contributed by atoms with E-state index in [4.69, 9.17) is 4.74 Å². The summed E-state index contributed by atoms with van der Waals surface area (Å²) in [5.74, 6) is 0.224. The van der Waals surface area contributed by atoms with Crippen molar-refractivity contribution in [3.63, 3.8) is 0 Å². The van der Waals surface area contributed by atoms with Crippen molar-refractivity contribution >= 4 is 16.8 Å². The van der Waals surface area contributed by atoms with Gasteiger partial charge in [-0.05, 0) is 26.0 Å². The van der Waals surface area contributed by atoms with Gasteiger partial charge in [-0.1, -0.05) is 22.4 Å². The van der Waals surface area contributed by atoms with Gasteiger partial charge in [0.15, 0.2) is 5.75 Å². The van der Waals surface area contributed by atoms with Gasteiger partial charge in [0.05, 0.1) is 5.56 Å². The van der Waals surface area contributed by atoms with E-state index in [1.807, 2.05) is 25.1 Å². The molecule has 0 aliphatic heterocycles. The van der Waals surface area contributed by atoms with Gasteiger partial charge >= 0.3 is 0 Å². The van der Waals surface area contributed by atoms with Crippen LogP contribution in [0.3, 0.4) is 0 Å². The molecule has 0 saturated carbocycles. The van der Waals surface area contributed by atoms with Gasteiger partial charge in [0.2, 0.25) is 0 Å². The molecule has 3 rings (SSSR count). The van der Waals surface area contributed by atoms with Crippen LogP contribution in [0.2, 0.25) is 0 Å². The highest BCUT2D eigenvalue weighted by Crippen LogP contribution is 2.29. The van der Waals surface area contributed by atoms with Crippen molar-refractivity contribution in [2.75, 3.05) is 6.54 Å². The van der Waals surface area contributed by atoms with Crippen molar-refractivity contribution in [3.8, 4) is 5.75 Å². The molecule has 0 bridgehead atoms. The first-order valence-electron chi connectivity index (χ1n) is 7.27. The minimum atomic E-state index is -0.204. The minimum absolute atomic E-state index is 0.150. The Morgan fingerprint density at radius 2 is 2.17 bits per heavy atom. The molecule has 0 radical (unpaired) electrons. The van der Waals surface area contributed by atoms with Gasteiger partial charge in [-0.3, -0.25) is 9.78 Å². The van der Waals surface area contributed by atoms with Crippen LogP contribution in [0.5, 0.6) is 5.75 Å². The fourth-order valence-electron chi connectivity index (χ4n) is 2.22. The first-order valence-corrected chi connectivity index (χ1v) is 7.27. The highest BCUT2D eigenvalue weighted by Gasteiger charge is 2.17. The molecule has 7 nitrogen and oxygen atoms in total. The number of fused-ring (bicyclic) bond motifs is 1. The van der Waals surface area contributed by atoms with E-state index in [2.05, 4.69) is 25.2 Å². The molecule has 0 unspecified atom stereocenters. The Hall–Kier alpha value is -2.96. The predicted molar refractivity (Wildman–Crippen MR) is 83.1 cm³/mol. The van der Waals surface area contributed by atoms with E-state index in [1.165, 1.54) is 0 Å². The molecule has 0 aliphatic rings. The lowest BCUT2D eigenvalue weighted by Crippen LogP contribution is -2.23. The van der Waals surface area contributed by atoms with Crippen LogP contribution in [0.15, 0.2) is 35.1 Å². The van der Waals surface area contributed by atoms with Crippen LogP contribution in [0.1, 0.15) is 28.7 Å². The van der Waals surface area contributed by atoms with E-state index in [0.717, 1.165) is 5.39 Å². The van der Waals surface area contributed by atoms with Crippen molar-refractivity contribution in [1.29, 1.82) is 0 Å². The van der Waals surface area contributed by atoms with E-state index in [-0.39, 0.29) is 12.5 Å². The Labute approximate surface area is 132 Å². The lowest BCUT2D eigenvalue weighted by atomic mass is 10.1. The molecule has 0 aliphatic carbocycles. The lowest BCUT2D eigenvalue weighted by Gasteiger charge is -2.12. The maximum Gasteiger partial charge on any atom is 0.255 e. The summed E-state index contributed by atoms with van der Waals surface area (Å²) < 4.78 is 10.5.